The van der Waals surface area contributed by atoms with E-state index in [1.165, 1.54) is 0 Å². The van der Waals surface area contributed by atoms with Gasteiger partial charge in [0.1, 0.15) is 5.69 Å². The quantitative estimate of drug-likeness (QED) is 0.770. The number of carbonyl (C=O) groups is 2. The van der Waals surface area contributed by atoms with Gasteiger partial charge >= 0.3 is 0 Å². The van der Waals surface area contributed by atoms with Crippen LogP contribution in [-0.4, -0.2) is 61.7 Å². The van der Waals surface area contributed by atoms with Crippen LogP contribution in [-0.2, 0) is 13.6 Å². The van der Waals surface area contributed by atoms with Crippen molar-refractivity contribution in [2.75, 3.05) is 19.6 Å². The summed E-state index contributed by atoms with van der Waals surface area (Å²) >= 11 is 0. The monoisotopic (exact) mass is 367 g/mol. The zero-order valence-electron chi connectivity index (χ0n) is 15.8. The average Bonchev–Trinajstić information content (AvgIpc) is 2.84. The number of piperidine rings is 1. The van der Waals surface area contributed by atoms with Crippen LogP contribution in [0.1, 0.15) is 46.3 Å². The number of Topliss-reactive ketones (excluding diaryl/α,β-unsaturated/α-hetero) is 1. The maximum atomic E-state index is 12.8. The molecule has 0 saturated carbocycles. The predicted molar refractivity (Wildman–Crippen MR) is 100 cm³/mol. The van der Waals surface area contributed by atoms with Crippen LogP contribution in [0.2, 0.25) is 0 Å². The second-order valence-electron chi connectivity index (χ2n) is 7.71. The molecule has 0 radical (unpaired) electrons. The molecule has 0 N–H and O–H groups in total. The average molecular weight is 367 g/mol. The Morgan fingerprint density at radius 3 is 2.74 bits per heavy atom. The summed E-state index contributed by atoms with van der Waals surface area (Å²) in [7, 11) is 1.99. The minimum Gasteiger partial charge on any atom is -0.353 e. The number of ketones is 1. The van der Waals surface area contributed by atoms with Crippen molar-refractivity contribution in [1.82, 2.24) is 24.3 Å². The van der Waals surface area contributed by atoms with Gasteiger partial charge < -0.3 is 9.47 Å². The molecule has 0 unspecified atom stereocenters. The minimum atomic E-state index is -0.0282. The van der Waals surface area contributed by atoms with Gasteiger partial charge in [0.15, 0.2) is 5.78 Å². The number of nitrogens with zero attached hydrogens (tertiary/aromatic N) is 5. The van der Waals surface area contributed by atoms with Gasteiger partial charge in [0, 0.05) is 69.1 Å². The topological polar surface area (TPSA) is 71.3 Å². The SMILES string of the molecule is CC(=O)c1cc(CN2C[C@H]3CC[C@@H]2CN(C(=O)c2cnccn2)C3)n(C)c1. The van der Waals surface area contributed by atoms with E-state index in [2.05, 4.69) is 14.9 Å². The molecule has 2 aromatic rings. The summed E-state index contributed by atoms with van der Waals surface area (Å²) in [6.45, 7) is 4.88. The molecule has 0 spiro atoms. The van der Waals surface area contributed by atoms with Crippen LogP contribution in [0.25, 0.3) is 0 Å². The summed E-state index contributed by atoms with van der Waals surface area (Å²) in [6.07, 6.45) is 8.84. The van der Waals surface area contributed by atoms with Crippen molar-refractivity contribution in [3.8, 4) is 0 Å². The fraction of sp³-hybridized carbons (Fsp3) is 0.500. The van der Waals surface area contributed by atoms with Crippen molar-refractivity contribution in [3.05, 3.63) is 47.8 Å². The molecule has 2 bridgehead atoms. The zero-order valence-corrected chi connectivity index (χ0v) is 15.8. The summed E-state index contributed by atoms with van der Waals surface area (Å²) in [4.78, 5) is 37.1. The molecule has 1 amide bonds. The van der Waals surface area contributed by atoms with E-state index in [1.54, 1.807) is 25.5 Å². The number of fused-ring (bicyclic) bond motifs is 4. The fourth-order valence-electron chi connectivity index (χ4n) is 4.28. The summed E-state index contributed by atoms with van der Waals surface area (Å²) in [6, 6.07) is 2.32. The van der Waals surface area contributed by atoms with Crippen molar-refractivity contribution < 1.29 is 9.59 Å². The molecule has 2 aromatic heterocycles. The van der Waals surface area contributed by atoms with Crippen molar-refractivity contribution in [3.63, 3.8) is 0 Å². The van der Waals surface area contributed by atoms with Gasteiger partial charge in [0.05, 0.1) is 6.20 Å². The first-order valence-electron chi connectivity index (χ1n) is 9.47. The molecule has 3 saturated heterocycles. The van der Waals surface area contributed by atoms with E-state index in [4.69, 9.17) is 0 Å². The molecule has 0 aromatic carbocycles. The van der Waals surface area contributed by atoms with Crippen molar-refractivity contribution in [2.24, 2.45) is 13.0 Å². The Hall–Kier alpha value is -2.54. The summed E-state index contributed by atoms with van der Waals surface area (Å²) in [5, 5.41) is 0. The first kappa shape index (κ1) is 17.9. The van der Waals surface area contributed by atoms with Gasteiger partial charge in [-0.15, -0.1) is 0 Å². The van der Waals surface area contributed by atoms with Crippen LogP contribution in [0.4, 0.5) is 0 Å². The number of aryl methyl sites for hydroxylation is 1. The Morgan fingerprint density at radius 2 is 2.04 bits per heavy atom. The van der Waals surface area contributed by atoms with Crippen LogP contribution < -0.4 is 0 Å². The number of amides is 1. The molecule has 2 atom stereocenters. The summed E-state index contributed by atoms with van der Waals surface area (Å²) in [5.41, 5.74) is 2.31. The van der Waals surface area contributed by atoms with E-state index < -0.39 is 0 Å². The highest BCUT2D eigenvalue weighted by atomic mass is 16.2. The Kier molecular flexibility index (Phi) is 4.78. The zero-order chi connectivity index (χ0) is 19.0. The molecule has 7 heteroatoms. The maximum absolute atomic E-state index is 12.8. The second kappa shape index (κ2) is 7.23. The summed E-state index contributed by atoms with van der Waals surface area (Å²) in [5.74, 6) is 0.534. The largest absolute Gasteiger partial charge is 0.353 e. The van der Waals surface area contributed by atoms with Gasteiger partial charge in [-0.25, -0.2) is 4.98 Å². The van der Waals surface area contributed by atoms with Gasteiger partial charge in [-0.3, -0.25) is 19.5 Å². The van der Waals surface area contributed by atoms with Gasteiger partial charge in [-0.05, 0) is 31.7 Å². The van der Waals surface area contributed by atoms with Crippen LogP contribution >= 0.6 is 0 Å². The van der Waals surface area contributed by atoms with Crippen LogP contribution in [0.5, 0.6) is 0 Å². The van der Waals surface area contributed by atoms with E-state index in [-0.39, 0.29) is 11.7 Å². The van der Waals surface area contributed by atoms with Crippen molar-refractivity contribution in [2.45, 2.75) is 32.4 Å². The summed E-state index contributed by atoms with van der Waals surface area (Å²) < 4.78 is 2.04. The minimum absolute atomic E-state index is 0.0282. The highest BCUT2D eigenvalue weighted by Crippen LogP contribution is 2.30. The molecule has 3 aliphatic rings. The molecule has 3 fully saturated rings. The lowest BCUT2D eigenvalue weighted by Gasteiger charge is -2.36. The number of aromatic nitrogens is 3. The van der Waals surface area contributed by atoms with Crippen LogP contribution in [0.15, 0.2) is 30.9 Å². The van der Waals surface area contributed by atoms with Crippen LogP contribution in [0.3, 0.4) is 0 Å². The molecule has 0 aliphatic carbocycles. The van der Waals surface area contributed by atoms with Crippen molar-refractivity contribution >= 4 is 11.7 Å². The van der Waals surface area contributed by atoms with Gasteiger partial charge in [-0.2, -0.15) is 0 Å². The lowest BCUT2D eigenvalue weighted by atomic mass is 9.95. The molecule has 3 aliphatic heterocycles. The Balaban J connectivity index is 1.50. The standard InChI is InChI=1S/C20H25N5O2/c1-14(26)16-7-18(23(2)11-16)13-24-9-15-3-4-17(24)12-25(10-15)20(27)19-8-21-5-6-22-19/h5-8,11,15,17H,3-4,9-10,12-13H2,1-2H3/t15-,17-/m1/s1. The lowest BCUT2D eigenvalue weighted by Crippen LogP contribution is -2.44. The lowest BCUT2D eigenvalue weighted by molar-refractivity contribution is 0.0728. The number of carbonyl (C=O) groups excluding carboxylic acids is 2. The van der Waals surface area contributed by atoms with Crippen molar-refractivity contribution in [1.29, 1.82) is 0 Å². The van der Waals surface area contributed by atoms with E-state index >= 15 is 0 Å². The highest BCUT2D eigenvalue weighted by Gasteiger charge is 2.37. The second-order valence-corrected chi connectivity index (χ2v) is 7.71. The molecular formula is C20H25N5O2. The maximum Gasteiger partial charge on any atom is 0.274 e. The number of rotatable bonds is 4. The van der Waals surface area contributed by atoms with E-state index in [9.17, 15) is 9.59 Å². The smallest absolute Gasteiger partial charge is 0.274 e. The Morgan fingerprint density at radius 1 is 1.19 bits per heavy atom. The normalized spacial score (nSPS) is 22.7. The fourth-order valence-corrected chi connectivity index (χ4v) is 4.28. The predicted octanol–water partition coefficient (Wildman–Crippen LogP) is 1.75. The number of hydrogen-bond donors (Lipinski definition) is 0. The highest BCUT2D eigenvalue weighted by molar-refractivity contribution is 5.94. The molecular weight excluding hydrogens is 342 g/mol. The molecule has 5 heterocycles. The Bertz CT molecular complexity index is 847. The van der Waals surface area contributed by atoms with Gasteiger partial charge in [-0.1, -0.05) is 0 Å². The molecule has 142 valence electrons. The van der Waals surface area contributed by atoms with E-state index in [1.807, 2.05) is 28.8 Å². The third-order valence-electron chi connectivity index (χ3n) is 5.78. The number of hydrogen-bond acceptors (Lipinski definition) is 5. The molecule has 27 heavy (non-hydrogen) atoms. The first-order valence-corrected chi connectivity index (χ1v) is 9.47. The molecule has 5 rings (SSSR count). The van der Waals surface area contributed by atoms with E-state index in [0.717, 1.165) is 50.3 Å². The van der Waals surface area contributed by atoms with E-state index in [0.29, 0.717) is 17.7 Å². The molecule has 7 nitrogen and oxygen atoms in total. The van der Waals surface area contributed by atoms with Gasteiger partial charge in [0.25, 0.3) is 5.91 Å². The van der Waals surface area contributed by atoms with Gasteiger partial charge in [0.2, 0.25) is 0 Å². The third-order valence-corrected chi connectivity index (χ3v) is 5.78. The van der Waals surface area contributed by atoms with Crippen LogP contribution in [0, 0.1) is 5.92 Å². The first-order chi connectivity index (χ1) is 13.0. The Labute approximate surface area is 159 Å². The third kappa shape index (κ3) is 3.64.